The molecule has 2 unspecified atom stereocenters. The van der Waals surface area contributed by atoms with Crippen molar-refractivity contribution in [2.75, 3.05) is 13.1 Å². The molecule has 0 heterocycles. The van der Waals surface area contributed by atoms with Gasteiger partial charge in [0.25, 0.3) is 0 Å². The fraction of sp³-hybridized carbons (Fsp3) is 0.933. The molecule has 1 rings (SSSR count). The number of amides is 1. The maximum absolute atomic E-state index is 12.3. The van der Waals surface area contributed by atoms with E-state index in [2.05, 4.69) is 19.2 Å². The Kier molecular flexibility index (Phi) is 5.64. The van der Waals surface area contributed by atoms with E-state index in [0.717, 1.165) is 13.1 Å². The van der Waals surface area contributed by atoms with Crippen LogP contribution in [0.2, 0.25) is 0 Å². The van der Waals surface area contributed by atoms with Crippen LogP contribution < -0.4 is 5.32 Å². The van der Waals surface area contributed by atoms with Crippen LogP contribution in [0, 0.1) is 5.41 Å². The Labute approximate surface area is 112 Å². The summed E-state index contributed by atoms with van der Waals surface area (Å²) in [5.41, 5.74) is 0.316. The fourth-order valence-corrected chi connectivity index (χ4v) is 2.99. The predicted molar refractivity (Wildman–Crippen MR) is 76.6 cm³/mol. The number of hydrogen-bond acceptors (Lipinski definition) is 2. The number of nitrogens with zero attached hydrogens (tertiary/aromatic N) is 1. The molecule has 0 saturated heterocycles. The zero-order valence-electron chi connectivity index (χ0n) is 12.8. The molecule has 1 fully saturated rings. The van der Waals surface area contributed by atoms with Gasteiger partial charge in [-0.3, -0.25) is 4.79 Å². The monoisotopic (exact) mass is 254 g/mol. The van der Waals surface area contributed by atoms with Crippen LogP contribution in [0.25, 0.3) is 0 Å². The summed E-state index contributed by atoms with van der Waals surface area (Å²) in [6.07, 6.45) is 5.07. The average Bonchev–Trinajstić information content (AvgIpc) is 2.33. The Morgan fingerprint density at radius 1 is 1.33 bits per heavy atom. The molecule has 1 aliphatic rings. The predicted octanol–water partition coefficient (Wildman–Crippen LogP) is 2.80. The van der Waals surface area contributed by atoms with Crippen molar-refractivity contribution >= 4 is 5.91 Å². The number of carbonyl (C=O) groups is 1. The van der Waals surface area contributed by atoms with Gasteiger partial charge in [0.15, 0.2) is 0 Å². The molecule has 0 aromatic rings. The lowest BCUT2D eigenvalue weighted by molar-refractivity contribution is -0.133. The Hall–Kier alpha value is -0.570. The van der Waals surface area contributed by atoms with Gasteiger partial charge in [0.05, 0.1) is 6.04 Å². The normalized spacial score (nSPS) is 24.6. The molecule has 1 saturated carbocycles. The molecule has 18 heavy (non-hydrogen) atoms. The summed E-state index contributed by atoms with van der Waals surface area (Å²) < 4.78 is 0. The maximum atomic E-state index is 12.3. The van der Waals surface area contributed by atoms with E-state index in [9.17, 15) is 4.79 Å². The highest BCUT2D eigenvalue weighted by Crippen LogP contribution is 2.35. The first-order valence-corrected chi connectivity index (χ1v) is 7.47. The molecular formula is C15H30N2O. The lowest BCUT2D eigenvalue weighted by atomic mass is 9.73. The number of carbonyl (C=O) groups excluding carboxylic acids is 1. The van der Waals surface area contributed by atoms with Crippen molar-refractivity contribution < 1.29 is 4.79 Å². The summed E-state index contributed by atoms with van der Waals surface area (Å²) in [5.74, 6) is 0.237. The van der Waals surface area contributed by atoms with Crippen LogP contribution in [0.4, 0.5) is 0 Å². The number of rotatable bonds is 5. The van der Waals surface area contributed by atoms with E-state index < -0.39 is 0 Å². The molecule has 1 aliphatic carbocycles. The second-order valence-corrected chi connectivity index (χ2v) is 6.19. The van der Waals surface area contributed by atoms with Crippen molar-refractivity contribution in [3.63, 3.8) is 0 Å². The highest BCUT2D eigenvalue weighted by molar-refractivity contribution is 5.81. The van der Waals surface area contributed by atoms with Crippen LogP contribution in [0.15, 0.2) is 0 Å². The molecule has 0 spiro atoms. The van der Waals surface area contributed by atoms with Crippen LogP contribution in [-0.4, -0.2) is 36.0 Å². The highest BCUT2D eigenvalue weighted by atomic mass is 16.2. The largest absolute Gasteiger partial charge is 0.342 e. The van der Waals surface area contributed by atoms with Crippen LogP contribution in [0.5, 0.6) is 0 Å². The Morgan fingerprint density at radius 2 is 1.94 bits per heavy atom. The van der Waals surface area contributed by atoms with Crippen LogP contribution in [0.3, 0.4) is 0 Å². The summed E-state index contributed by atoms with van der Waals surface area (Å²) in [6, 6.07) is 0.410. The third-order valence-electron chi connectivity index (χ3n) is 4.40. The molecule has 0 bridgehead atoms. The van der Waals surface area contributed by atoms with Gasteiger partial charge in [-0.2, -0.15) is 0 Å². The number of likely N-dealkylation sites (N-methyl/N-ethyl adjacent to an activating group) is 1. The van der Waals surface area contributed by atoms with E-state index in [-0.39, 0.29) is 11.9 Å². The number of nitrogens with one attached hydrogen (secondary N) is 1. The first kappa shape index (κ1) is 15.5. The van der Waals surface area contributed by atoms with Gasteiger partial charge in [0.2, 0.25) is 5.91 Å². The van der Waals surface area contributed by atoms with Crippen LogP contribution in [0.1, 0.15) is 60.3 Å². The Morgan fingerprint density at radius 3 is 2.44 bits per heavy atom. The summed E-state index contributed by atoms with van der Waals surface area (Å²) >= 11 is 0. The topological polar surface area (TPSA) is 32.3 Å². The van der Waals surface area contributed by atoms with E-state index in [0.29, 0.717) is 11.5 Å². The highest BCUT2D eigenvalue weighted by Gasteiger charge is 2.34. The lowest BCUT2D eigenvalue weighted by Gasteiger charge is -2.41. The van der Waals surface area contributed by atoms with Gasteiger partial charge in [-0.05, 0) is 39.0 Å². The fourth-order valence-electron chi connectivity index (χ4n) is 2.99. The van der Waals surface area contributed by atoms with Gasteiger partial charge in [-0.15, -0.1) is 0 Å². The standard InChI is InChI=1S/C15H30N2O/c1-6-17(7-2)14(18)12(3)16-13-10-8-9-11-15(13,4)5/h12-13,16H,6-11H2,1-5H3. The third kappa shape index (κ3) is 3.71. The van der Waals surface area contributed by atoms with E-state index >= 15 is 0 Å². The summed E-state index contributed by atoms with van der Waals surface area (Å²) in [4.78, 5) is 14.2. The molecule has 3 heteroatoms. The SMILES string of the molecule is CCN(CC)C(=O)C(C)NC1CCCCC1(C)C. The molecule has 2 atom stereocenters. The minimum atomic E-state index is -0.0627. The summed E-state index contributed by atoms with van der Waals surface area (Å²) in [7, 11) is 0. The van der Waals surface area contributed by atoms with Gasteiger partial charge < -0.3 is 10.2 Å². The molecular weight excluding hydrogens is 224 g/mol. The smallest absolute Gasteiger partial charge is 0.239 e. The zero-order chi connectivity index (χ0) is 13.8. The van der Waals surface area contributed by atoms with Gasteiger partial charge >= 0.3 is 0 Å². The summed E-state index contributed by atoms with van der Waals surface area (Å²) in [5, 5.41) is 3.57. The van der Waals surface area contributed by atoms with Gasteiger partial charge in [0.1, 0.15) is 0 Å². The van der Waals surface area contributed by atoms with E-state index in [1.807, 2.05) is 25.7 Å². The van der Waals surface area contributed by atoms with Crippen LogP contribution >= 0.6 is 0 Å². The molecule has 0 aromatic heterocycles. The molecule has 106 valence electrons. The quantitative estimate of drug-likeness (QED) is 0.818. The molecule has 0 radical (unpaired) electrons. The molecule has 3 nitrogen and oxygen atoms in total. The zero-order valence-corrected chi connectivity index (χ0v) is 12.8. The average molecular weight is 254 g/mol. The molecule has 0 aromatic carbocycles. The lowest BCUT2D eigenvalue weighted by Crippen LogP contribution is -2.53. The van der Waals surface area contributed by atoms with Crippen molar-refractivity contribution in [2.24, 2.45) is 5.41 Å². The van der Waals surface area contributed by atoms with Gasteiger partial charge in [-0.1, -0.05) is 26.7 Å². The second kappa shape index (κ2) is 6.55. The van der Waals surface area contributed by atoms with Crippen molar-refractivity contribution in [1.82, 2.24) is 10.2 Å². The Bertz CT molecular complexity index is 272. The van der Waals surface area contributed by atoms with Crippen molar-refractivity contribution in [2.45, 2.75) is 72.4 Å². The molecule has 0 aliphatic heterocycles. The molecule has 1 amide bonds. The van der Waals surface area contributed by atoms with E-state index in [1.165, 1.54) is 25.7 Å². The molecule has 1 N–H and O–H groups in total. The van der Waals surface area contributed by atoms with Gasteiger partial charge in [-0.25, -0.2) is 0 Å². The second-order valence-electron chi connectivity index (χ2n) is 6.19. The first-order valence-electron chi connectivity index (χ1n) is 7.47. The number of hydrogen-bond donors (Lipinski definition) is 1. The third-order valence-corrected chi connectivity index (χ3v) is 4.40. The minimum absolute atomic E-state index is 0.0627. The Balaban J connectivity index is 2.57. The van der Waals surface area contributed by atoms with Crippen molar-refractivity contribution in [3.8, 4) is 0 Å². The van der Waals surface area contributed by atoms with E-state index in [4.69, 9.17) is 0 Å². The van der Waals surface area contributed by atoms with Gasteiger partial charge in [0, 0.05) is 19.1 Å². The summed E-state index contributed by atoms with van der Waals surface area (Å²) in [6.45, 7) is 12.3. The first-order chi connectivity index (χ1) is 8.42. The van der Waals surface area contributed by atoms with Crippen molar-refractivity contribution in [3.05, 3.63) is 0 Å². The van der Waals surface area contributed by atoms with E-state index in [1.54, 1.807) is 0 Å². The van der Waals surface area contributed by atoms with Crippen molar-refractivity contribution in [1.29, 1.82) is 0 Å². The minimum Gasteiger partial charge on any atom is -0.342 e. The van der Waals surface area contributed by atoms with Crippen LogP contribution in [-0.2, 0) is 4.79 Å². The maximum Gasteiger partial charge on any atom is 0.239 e.